The van der Waals surface area contributed by atoms with Crippen molar-refractivity contribution in [1.82, 2.24) is 0 Å². The minimum Gasteiger partial charge on any atom is -0.457 e. The van der Waals surface area contributed by atoms with Crippen LogP contribution in [-0.2, 0) is 14.3 Å². The van der Waals surface area contributed by atoms with Gasteiger partial charge in [0.1, 0.15) is 23.0 Å². The van der Waals surface area contributed by atoms with E-state index in [1.165, 1.54) is 18.2 Å². The van der Waals surface area contributed by atoms with Crippen molar-refractivity contribution >= 4 is 45.4 Å². The number of aryl methyl sites for hydroxylation is 1. The quantitative estimate of drug-likeness (QED) is 0.0554. The minimum absolute atomic E-state index is 0.272. The zero-order valence-corrected chi connectivity index (χ0v) is 24.1. The van der Waals surface area contributed by atoms with Crippen molar-refractivity contribution in [3.8, 4) is 23.0 Å². The Balaban J connectivity index is 1.22. The molecule has 9 nitrogen and oxygen atoms in total. The molecule has 0 amide bonds. The van der Waals surface area contributed by atoms with Gasteiger partial charge in [0, 0.05) is 12.2 Å². The van der Waals surface area contributed by atoms with Crippen molar-refractivity contribution in [3.63, 3.8) is 0 Å². The van der Waals surface area contributed by atoms with Crippen LogP contribution in [0.4, 0.5) is 0 Å². The highest BCUT2D eigenvalue weighted by molar-refractivity contribution is 6.09. The standard InChI is InChI=1S/C36H26O9/c1-4-33(37)42-21-41-27-11-8-23(9-12-27)35(39)44-28-14-17-32(22(3)18-28)45-36(40)26-10-15-30-24(19-26)6-7-25-20-29(13-16-31(25)30)43-34(38)5-2/h4-20H,1-2,21H2,3H3. The van der Waals surface area contributed by atoms with Gasteiger partial charge in [-0.25, -0.2) is 19.2 Å². The number of ether oxygens (including phenoxy) is 5. The topological polar surface area (TPSA) is 114 Å². The normalized spacial score (nSPS) is 10.5. The average molecular weight is 603 g/mol. The van der Waals surface area contributed by atoms with Crippen LogP contribution in [0.2, 0.25) is 0 Å². The Labute approximate surface area is 257 Å². The Hall–Kier alpha value is -6.22. The molecule has 0 radical (unpaired) electrons. The molecule has 0 fully saturated rings. The van der Waals surface area contributed by atoms with Crippen LogP contribution in [0.15, 0.2) is 116 Å². The maximum Gasteiger partial charge on any atom is 0.343 e. The molecule has 0 N–H and O–H groups in total. The Bertz CT molecular complexity index is 1970. The summed E-state index contributed by atoms with van der Waals surface area (Å²) < 4.78 is 26.4. The molecule has 224 valence electrons. The maximum absolute atomic E-state index is 13.0. The fraction of sp³-hybridized carbons (Fsp3) is 0.0556. The lowest BCUT2D eigenvalue weighted by molar-refractivity contribution is -0.144. The van der Waals surface area contributed by atoms with Gasteiger partial charge < -0.3 is 23.7 Å². The first-order valence-electron chi connectivity index (χ1n) is 13.6. The predicted molar refractivity (Wildman–Crippen MR) is 167 cm³/mol. The molecule has 0 atom stereocenters. The molecule has 0 saturated carbocycles. The van der Waals surface area contributed by atoms with Gasteiger partial charge in [-0.15, -0.1) is 0 Å². The van der Waals surface area contributed by atoms with Crippen molar-refractivity contribution in [3.05, 3.63) is 133 Å². The van der Waals surface area contributed by atoms with Crippen LogP contribution >= 0.6 is 0 Å². The molecule has 0 aliphatic carbocycles. The number of hydrogen-bond acceptors (Lipinski definition) is 9. The zero-order chi connectivity index (χ0) is 31.9. The summed E-state index contributed by atoms with van der Waals surface area (Å²) in [4.78, 5) is 48.3. The Morgan fingerprint density at radius 3 is 1.87 bits per heavy atom. The zero-order valence-electron chi connectivity index (χ0n) is 24.1. The Kier molecular flexibility index (Phi) is 9.00. The van der Waals surface area contributed by atoms with E-state index in [4.69, 9.17) is 23.7 Å². The number of esters is 4. The number of carbonyl (C=O) groups excluding carboxylic acids is 4. The highest BCUT2D eigenvalue weighted by atomic mass is 16.7. The number of benzene rings is 5. The molecule has 5 aromatic carbocycles. The van der Waals surface area contributed by atoms with E-state index in [2.05, 4.69) is 13.2 Å². The largest absolute Gasteiger partial charge is 0.457 e. The molecule has 45 heavy (non-hydrogen) atoms. The second-order valence-corrected chi connectivity index (χ2v) is 9.67. The molecule has 0 saturated heterocycles. The smallest absolute Gasteiger partial charge is 0.343 e. The molecule has 9 heteroatoms. The van der Waals surface area contributed by atoms with Crippen molar-refractivity contribution < 1.29 is 42.9 Å². The van der Waals surface area contributed by atoms with Crippen LogP contribution in [0.1, 0.15) is 26.3 Å². The van der Waals surface area contributed by atoms with E-state index in [0.717, 1.165) is 33.7 Å². The molecule has 0 unspecified atom stereocenters. The van der Waals surface area contributed by atoms with Gasteiger partial charge in [-0.05, 0) is 101 Å². The fourth-order valence-electron chi connectivity index (χ4n) is 4.42. The molecule has 0 bridgehead atoms. The van der Waals surface area contributed by atoms with Crippen molar-refractivity contribution in [2.24, 2.45) is 0 Å². The fourth-order valence-corrected chi connectivity index (χ4v) is 4.42. The van der Waals surface area contributed by atoms with E-state index in [9.17, 15) is 19.2 Å². The third-order valence-corrected chi connectivity index (χ3v) is 6.67. The molecule has 5 rings (SSSR count). The van der Waals surface area contributed by atoms with Crippen LogP contribution in [0.3, 0.4) is 0 Å². The van der Waals surface area contributed by atoms with Crippen molar-refractivity contribution in [2.45, 2.75) is 6.92 Å². The first kappa shape index (κ1) is 30.2. The number of fused-ring (bicyclic) bond motifs is 3. The van der Waals surface area contributed by atoms with E-state index >= 15 is 0 Å². The molecular weight excluding hydrogens is 576 g/mol. The summed E-state index contributed by atoms with van der Waals surface area (Å²) in [7, 11) is 0. The molecule has 5 aromatic rings. The molecule has 0 aliphatic rings. The average Bonchev–Trinajstić information content (AvgIpc) is 3.05. The van der Waals surface area contributed by atoms with E-state index in [1.54, 1.807) is 55.5 Å². The highest BCUT2D eigenvalue weighted by Crippen LogP contribution is 2.30. The predicted octanol–water partition coefficient (Wildman–Crippen LogP) is 6.90. The third-order valence-electron chi connectivity index (χ3n) is 6.67. The number of carbonyl (C=O) groups is 4. The van der Waals surface area contributed by atoms with E-state index < -0.39 is 23.9 Å². The minimum atomic E-state index is -0.610. The van der Waals surface area contributed by atoms with Gasteiger partial charge in [0.25, 0.3) is 0 Å². The monoisotopic (exact) mass is 602 g/mol. The van der Waals surface area contributed by atoms with Gasteiger partial charge in [-0.3, -0.25) is 0 Å². The molecule has 0 aromatic heterocycles. The summed E-state index contributed by atoms with van der Waals surface area (Å²) in [6.45, 7) is 8.15. The van der Waals surface area contributed by atoms with E-state index in [-0.39, 0.29) is 18.1 Å². The van der Waals surface area contributed by atoms with Gasteiger partial charge in [0.15, 0.2) is 0 Å². The summed E-state index contributed by atoms with van der Waals surface area (Å²) >= 11 is 0. The van der Waals surface area contributed by atoms with E-state index in [1.807, 2.05) is 24.3 Å². The van der Waals surface area contributed by atoms with Gasteiger partial charge in [-0.2, -0.15) is 0 Å². The third kappa shape index (κ3) is 7.23. The Morgan fingerprint density at radius 2 is 1.18 bits per heavy atom. The van der Waals surface area contributed by atoms with Crippen LogP contribution in [0.5, 0.6) is 23.0 Å². The maximum atomic E-state index is 13.0. The van der Waals surface area contributed by atoms with Gasteiger partial charge >= 0.3 is 23.9 Å². The number of hydrogen-bond donors (Lipinski definition) is 0. The Morgan fingerprint density at radius 1 is 0.600 bits per heavy atom. The highest BCUT2D eigenvalue weighted by Gasteiger charge is 2.15. The van der Waals surface area contributed by atoms with Crippen molar-refractivity contribution in [2.75, 3.05) is 6.79 Å². The lowest BCUT2D eigenvalue weighted by Gasteiger charge is -2.11. The first-order chi connectivity index (χ1) is 21.7. The number of rotatable bonds is 10. The summed E-state index contributed by atoms with van der Waals surface area (Å²) in [5.41, 5.74) is 1.23. The lowest BCUT2D eigenvalue weighted by Crippen LogP contribution is -2.11. The molecule has 0 spiro atoms. The summed E-state index contributed by atoms with van der Waals surface area (Å²) in [6.07, 6.45) is 2.13. The summed E-state index contributed by atoms with van der Waals surface area (Å²) in [5.74, 6) is -0.889. The van der Waals surface area contributed by atoms with Gasteiger partial charge in [0.2, 0.25) is 6.79 Å². The first-order valence-corrected chi connectivity index (χ1v) is 13.6. The molecule has 0 heterocycles. The van der Waals surface area contributed by atoms with Crippen LogP contribution in [-0.4, -0.2) is 30.7 Å². The van der Waals surface area contributed by atoms with Crippen LogP contribution in [0.25, 0.3) is 21.5 Å². The second-order valence-electron chi connectivity index (χ2n) is 9.67. The lowest BCUT2D eigenvalue weighted by atomic mass is 10.00. The van der Waals surface area contributed by atoms with Gasteiger partial charge in [-0.1, -0.05) is 37.4 Å². The van der Waals surface area contributed by atoms with Gasteiger partial charge in [0.05, 0.1) is 11.1 Å². The summed E-state index contributed by atoms with van der Waals surface area (Å²) in [5, 5.41) is 3.56. The molecule has 0 aliphatic heterocycles. The second kappa shape index (κ2) is 13.4. The SMILES string of the molecule is C=CC(=O)OCOc1ccc(C(=O)Oc2ccc(OC(=O)c3ccc4c(ccc5cc(OC(=O)C=C)ccc54)c3)c(C)c2)cc1. The van der Waals surface area contributed by atoms with Crippen LogP contribution < -0.4 is 18.9 Å². The molecular formula is C36H26O9. The summed E-state index contributed by atoms with van der Waals surface area (Å²) in [6, 6.07) is 25.2. The van der Waals surface area contributed by atoms with Crippen molar-refractivity contribution in [1.29, 1.82) is 0 Å². The van der Waals surface area contributed by atoms with Crippen LogP contribution in [0, 0.1) is 6.92 Å². The van der Waals surface area contributed by atoms with E-state index in [0.29, 0.717) is 28.4 Å².